The van der Waals surface area contributed by atoms with Crippen molar-refractivity contribution in [1.29, 1.82) is 0 Å². The van der Waals surface area contributed by atoms with Crippen LogP contribution in [0.25, 0.3) is 33.5 Å². The summed E-state index contributed by atoms with van der Waals surface area (Å²) < 4.78 is 2.47. The monoisotopic (exact) mass is 663 g/mol. The van der Waals surface area contributed by atoms with Gasteiger partial charge in [0.2, 0.25) is 5.91 Å². The summed E-state index contributed by atoms with van der Waals surface area (Å²) in [6, 6.07) is 32.6. The van der Waals surface area contributed by atoms with E-state index in [2.05, 4.69) is 125 Å². The first-order valence-corrected chi connectivity index (χ1v) is 18.0. The number of aromatic nitrogens is 6. The zero-order valence-electron chi connectivity index (χ0n) is 29.4. The van der Waals surface area contributed by atoms with E-state index in [4.69, 9.17) is 4.98 Å². The number of anilines is 1. The van der Waals surface area contributed by atoms with Gasteiger partial charge >= 0.3 is 0 Å². The van der Waals surface area contributed by atoms with Gasteiger partial charge in [-0.05, 0) is 100 Å². The van der Waals surface area contributed by atoms with E-state index < -0.39 is 0 Å². The zero-order chi connectivity index (χ0) is 34.5. The maximum Gasteiger partial charge on any atom is 0.232 e. The standard InChI is InChI=1S/C42H45N7O/c1-27(2)29-14-17-34-31(22-29)16-19-37-41(3,20-9-21-42(34,37)4)26-49-36-18-15-30(28-10-6-5-7-11-28)24-35(36)44-40(49)32-12-8-13-33(23-32)43-39(50)25-38-45-47-48-46-38/h5-8,10-15,17-18,22-24,27,37H,9,16,19-21,25-26H2,1-4H3,(H,43,50)(H,45,46,47,48)/t37-,41-,42+/m0/s1. The Balaban J connectivity index is 1.19. The molecule has 0 saturated heterocycles. The molecule has 254 valence electrons. The molecule has 2 aliphatic rings. The minimum Gasteiger partial charge on any atom is -0.326 e. The van der Waals surface area contributed by atoms with E-state index in [1.54, 1.807) is 11.1 Å². The van der Waals surface area contributed by atoms with Crippen molar-refractivity contribution in [3.63, 3.8) is 0 Å². The predicted octanol–water partition coefficient (Wildman–Crippen LogP) is 8.90. The van der Waals surface area contributed by atoms with Crippen molar-refractivity contribution in [2.75, 3.05) is 5.32 Å². The molecule has 0 aliphatic heterocycles. The van der Waals surface area contributed by atoms with Gasteiger partial charge in [-0.25, -0.2) is 4.98 Å². The Morgan fingerprint density at radius 3 is 2.58 bits per heavy atom. The second-order valence-electron chi connectivity index (χ2n) is 15.3. The first kappa shape index (κ1) is 32.1. The number of aromatic amines is 1. The highest BCUT2D eigenvalue weighted by Crippen LogP contribution is 2.58. The van der Waals surface area contributed by atoms with Gasteiger partial charge in [0.15, 0.2) is 5.82 Å². The molecule has 8 heteroatoms. The third-order valence-corrected chi connectivity index (χ3v) is 11.7. The van der Waals surface area contributed by atoms with Crippen molar-refractivity contribution in [1.82, 2.24) is 30.2 Å². The summed E-state index contributed by atoms with van der Waals surface area (Å²) >= 11 is 0. The van der Waals surface area contributed by atoms with Crippen molar-refractivity contribution in [3.8, 4) is 22.5 Å². The molecule has 3 atom stereocenters. The van der Waals surface area contributed by atoms with Crippen molar-refractivity contribution < 1.29 is 4.79 Å². The molecule has 2 N–H and O–H groups in total. The molecule has 8 rings (SSSR count). The minimum absolute atomic E-state index is 0.0436. The van der Waals surface area contributed by atoms with Gasteiger partial charge in [0, 0.05) is 17.8 Å². The third kappa shape index (κ3) is 5.80. The number of tetrazole rings is 1. The number of imidazole rings is 1. The molecule has 0 radical (unpaired) electrons. The van der Waals surface area contributed by atoms with Crippen LogP contribution < -0.4 is 5.32 Å². The van der Waals surface area contributed by atoms with Crippen LogP contribution in [-0.4, -0.2) is 36.1 Å². The highest BCUT2D eigenvalue weighted by Gasteiger charge is 2.52. The number of hydrogen-bond donors (Lipinski definition) is 2. The molecule has 2 heterocycles. The average molecular weight is 664 g/mol. The first-order valence-electron chi connectivity index (χ1n) is 18.0. The number of rotatable bonds is 8. The van der Waals surface area contributed by atoms with Gasteiger partial charge in [-0.15, -0.1) is 10.2 Å². The van der Waals surface area contributed by atoms with Gasteiger partial charge in [0.05, 0.1) is 17.5 Å². The van der Waals surface area contributed by atoms with Crippen molar-refractivity contribution >= 4 is 22.6 Å². The number of H-pyrrole nitrogens is 1. The van der Waals surface area contributed by atoms with Crippen LogP contribution in [0.5, 0.6) is 0 Å². The van der Waals surface area contributed by atoms with Gasteiger partial charge in [0.1, 0.15) is 5.82 Å². The van der Waals surface area contributed by atoms with Crippen molar-refractivity contribution in [3.05, 3.63) is 114 Å². The van der Waals surface area contributed by atoms with Crippen molar-refractivity contribution in [2.45, 2.75) is 84.1 Å². The summed E-state index contributed by atoms with van der Waals surface area (Å²) in [5.74, 6) is 2.16. The van der Waals surface area contributed by atoms with Crippen LogP contribution in [0.3, 0.4) is 0 Å². The molecule has 0 bridgehead atoms. The van der Waals surface area contributed by atoms with E-state index in [0.29, 0.717) is 23.3 Å². The molecule has 6 aromatic rings. The number of carbonyl (C=O) groups is 1. The molecule has 1 amide bonds. The number of nitrogens with zero attached hydrogens (tertiary/aromatic N) is 5. The molecule has 50 heavy (non-hydrogen) atoms. The predicted molar refractivity (Wildman–Crippen MR) is 199 cm³/mol. The summed E-state index contributed by atoms with van der Waals surface area (Å²) in [5, 5.41) is 16.9. The van der Waals surface area contributed by atoms with Crippen LogP contribution in [0.15, 0.2) is 91.0 Å². The Morgan fingerprint density at radius 1 is 0.940 bits per heavy atom. The number of amides is 1. The number of aryl methyl sites for hydroxylation is 1. The highest BCUT2D eigenvalue weighted by atomic mass is 16.1. The molecule has 0 spiro atoms. The molecule has 2 aromatic heterocycles. The fourth-order valence-corrected chi connectivity index (χ4v) is 9.22. The Hall–Kier alpha value is -5.11. The Labute approximate surface area is 293 Å². The second kappa shape index (κ2) is 12.7. The maximum absolute atomic E-state index is 12.9. The number of nitrogens with one attached hydrogen (secondary N) is 2. The van der Waals surface area contributed by atoms with Gasteiger partial charge in [-0.3, -0.25) is 4.79 Å². The van der Waals surface area contributed by atoms with E-state index in [1.165, 1.54) is 36.8 Å². The van der Waals surface area contributed by atoms with Crippen LogP contribution in [0.1, 0.15) is 81.8 Å². The number of hydrogen-bond acceptors (Lipinski definition) is 5. The summed E-state index contributed by atoms with van der Waals surface area (Å²) in [6.07, 6.45) is 5.99. The van der Waals surface area contributed by atoms with Crippen LogP contribution >= 0.6 is 0 Å². The Bertz CT molecular complexity index is 2170. The van der Waals surface area contributed by atoms with Gasteiger partial charge in [-0.2, -0.15) is 5.21 Å². The highest BCUT2D eigenvalue weighted by molar-refractivity contribution is 5.93. The fraction of sp³-hybridized carbons (Fsp3) is 0.357. The lowest BCUT2D eigenvalue weighted by Crippen LogP contribution is -2.50. The van der Waals surface area contributed by atoms with Gasteiger partial charge in [0.25, 0.3) is 0 Å². The van der Waals surface area contributed by atoms with Crippen molar-refractivity contribution in [2.24, 2.45) is 11.3 Å². The number of carbonyl (C=O) groups excluding carboxylic acids is 1. The molecular weight excluding hydrogens is 619 g/mol. The molecule has 1 fully saturated rings. The van der Waals surface area contributed by atoms with E-state index in [0.717, 1.165) is 41.0 Å². The first-order chi connectivity index (χ1) is 24.2. The molecular formula is C42H45N7O. The summed E-state index contributed by atoms with van der Waals surface area (Å²) in [7, 11) is 0. The Morgan fingerprint density at radius 2 is 1.78 bits per heavy atom. The normalized spacial score (nSPS) is 21.6. The lowest BCUT2D eigenvalue weighted by Gasteiger charge is -2.56. The number of benzene rings is 4. The smallest absolute Gasteiger partial charge is 0.232 e. The van der Waals surface area contributed by atoms with E-state index in [1.807, 2.05) is 24.3 Å². The fourth-order valence-electron chi connectivity index (χ4n) is 9.22. The van der Waals surface area contributed by atoms with E-state index >= 15 is 0 Å². The van der Waals surface area contributed by atoms with Crippen LogP contribution in [0.2, 0.25) is 0 Å². The summed E-state index contributed by atoms with van der Waals surface area (Å²) in [5.41, 5.74) is 10.9. The average Bonchev–Trinajstić information content (AvgIpc) is 3.76. The zero-order valence-corrected chi connectivity index (χ0v) is 29.4. The second-order valence-corrected chi connectivity index (χ2v) is 15.3. The lowest BCUT2D eigenvalue weighted by molar-refractivity contribution is -0.115. The third-order valence-electron chi connectivity index (χ3n) is 11.7. The summed E-state index contributed by atoms with van der Waals surface area (Å²) in [4.78, 5) is 18.2. The van der Waals surface area contributed by atoms with Gasteiger partial charge < -0.3 is 9.88 Å². The number of fused-ring (bicyclic) bond motifs is 4. The molecule has 8 nitrogen and oxygen atoms in total. The van der Waals surface area contributed by atoms with E-state index in [9.17, 15) is 4.79 Å². The molecule has 2 aliphatic carbocycles. The van der Waals surface area contributed by atoms with Gasteiger partial charge in [-0.1, -0.05) is 106 Å². The Kier molecular flexibility index (Phi) is 8.13. The SMILES string of the molecule is CC(C)c1ccc2c(c1)CC[C@H]1[C@](C)(Cn3c(-c4cccc(NC(=O)Cc5nn[nH]n5)c4)nc4cc(-c5ccccc5)ccc43)CCC[C@]21C. The largest absolute Gasteiger partial charge is 0.326 e. The van der Waals surface area contributed by atoms with E-state index in [-0.39, 0.29) is 23.2 Å². The van der Waals surface area contributed by atoms with Crippen LogP contribution in [0.4, 0.5) is 5.69 Å². The summed E-state index contributed by atoms with van der Waals surface area (Å²) in [6.45, 7) is 10.5. The van der Waals surface area contributed by atoms with Crippen LogP contribution in [-0.2, 0) is 29.6 Å². The molecule has 0 unspecified atom stereocenters. The van der Waals surface area contributed by atoms with Crippen LogP contribution in [0, 0.1) is 11.3 Å². The molecule has 1 saturated carbocycles. The maximum atomic E-state index is 12.9. The quantitative estimate of drug-likeness (QED) is 0.169. The topological polar surface area (TPSA) is 101 Å². The lowest BCUT2D eigenvalue weighted by atomic mass is 9.49. The minimum atomic E-state index is -0.198. The molecule has 4 aromatic carbocycles.